The van der Waals surface area contributed by atoms with Gasteiger partial charge in [-0.05, 0) is 56.5 Å². The largest absolute Gasteiger partial charge is 0.507 e. The van der Waals surface area contributed by atoms with Crippen molar-refractivity contribution < 1.29 is 9.52 Å². The summed E-state index contributed by atoms with van der Waals surface area (Å²) < 4.78 is 7.22. The Morgan fingerprint density at radius 2 is 2.10 bits per heavy atom. The molecule has 1 aliphatic heterocycles. The molecule has 4 aromatic rings. The van der Waals surface area contributed by atoms with Crippen molar-refractivity contribution in [2.45, 2.75) is 33.2 Å². The summed E-state index contributed by atoms with van der Waals surface area (Å²) in [6, 6.07) is 11.1. The molecule has 2 aromatic heterocycles. The number of hydrogen-bond donors (Lipinski definition) is 1. The number of likely N-dealkylation sites (tertiary alicyclic amines) is 1. The molecular formula is C24H24N2O3S. The number of fused-ring (bicyclic) bond motifs is 2. The van der Waals surface area contributed by atoms with Gasteiger partial charge < -0.3 is 9.52 Å². The van der Waals surface area contributed by atoms with E-state index in [1.165, 1.54) is 17.8 Å². The summed E-state index contributed by atoms with van der Waals surface area (Å²) in [5, 5.41) is 11.7. The van der Waals surface area contributed by atoms with Gasteiger partial charge in [0.05, 0.1) is 26.7 Å². The highest BCUT2D eigenvalue weighted by Gasteiger charge is 2.23. The summed E-state index contributed by atoms with van der Waals surface area (Å²) in [5.41, 5.74) is 2.47. The van der Waals surface area contributed by atoms with Crippen molar-refractivity contribution in [1.29, 1.82) is 0 Å². The minimum absolute atomic E-state index is 0.0962. The molecule has 1 fully saturated rings. The van der Waals surface area contributed by atoms with Crippen LogP contribution in [-0.2, 0) is 6.54 Å². The maximum atomic E-state index is 13.4. The number of phenolic OH excluding ortho intramolecular Hbond substituents is 1. The van der Waals surface area contributed by atoms with Gasteiger partial charge in [-0.2, -0.15) is 0 Å². The second kappa shape index (κ2) is 7.52. The van der Waals surface area contributed by atoms with E-state index in [1.54, 1.807) is 19.1 Å². The number of phenols is 1. The molecule has 5 nitrogen and oxygen atoms in total. The number of nitrogens with zero attached hydrogens (tertiary/aromatic N) is 2. The second-order valence-electron chi connectivity index (χ2n) is 8.27. The van der Waals surface area contributed by atoms with Crippen LogP contribution in [0.4, 0.5) is 0 Å². The van der Waals surface area contributed by atoms with Crippen LogP contribution in [0.15, 0.2) is 45.6 Å². The van der Waals surface area contributed by atoms with Crippen LogP contribution < -0.4 is 5.43 Å². The Hall–Kier alpha value is -2.70. The normalized spacial score (nSPS) is 17.7. The van der Waals surface area contributed by atoms with Gasteiger partial charge in [0.2, 0.25) is 5.43 Å². The summed E-state index contributed by atoms with van der Waals surface area (Å²) in [6.45, 7) is 6.62. The number of aromatic hydroxyl groups is 1. The van der Waals surface area contributed by atoms with Gasteiger partial charge in [-0.15, -0.1) is 11.3 Å². The maximum absolute atomic E-state index is 13.4. The van der Waals surface area contributed by atoms with Crippen molar-refractivity contribution in [3.05, 3.63) is 57.9 Å². The Labute approximate surface area is 178 Å². The molecule has 154 valence electrons. The molecular weight excluding hydrogens is 396 g/mol. The van der Waals surface area contributed by atoms with E-state index >= 15 is 0 Å². The summed E-state index contributed by atoms with van der Waals surface area (Å²) in [7, 11) is 0. The van der Waals surface area contributed by atoms with E-state index in [2.05, 4.69) is 16.8 Å². The molecule has 1 aliphatic rings. The fourth-order valence-corrected chi connectivity index (χ4v) is 5.50. The Morgan fingerprint density at radius 3 is 2.90 bits per heavy atom. The lowest BCUT2D eigenvalue weighted by Gasteiger charge is -2.31. The lowest BCUT2D eigenvalue weighted by atomic mass is 9.99. The van der Waals surface area contributed by atoms with Gasteiger partial charge in [-0.1, -0.05) is 19.1 Å². The van der Waals surface area contributed by atoms with E-state index in [4.69, 9.17) is 4.42 Å². The number of benzene rings is 2. The molecule has 0 bridgehead atoms. The monoisotopic (exact) mass is 420 g/mol. The Kier molecular flexibility index (Phi) is 4.83. The van der Waals surface area contributed by atoms with Crippen molar-refractivity contribution in [2.75, 3.05) is 13.1 Å². The number of aryl methyl sites for hydroxylation is 1. The number of para-hydroxylation sites is 1. The van der Waals surface area contributed by atoms with Crippen molar-refractivity contribution >= 4 is 32.5 Å². The van der Waals surface area contributed by atoms with E-state index in [0.29, 0.717) is 45.3 Å². The van der Waals surface area contributed by atoms with Gasteiger partial charge in [-0.25, -0.2) is 4.98 Å². The number of piperidine rings is 1. The van der Waals surface area contributed by atoms with Gasteiger partial charge in [0.15, 0.2) is 0 Å². The van der Waals surface area contributed by atoms with Crippen LogP contribution in [0, 0.1) is 12.8 Å². The zero-order valence-electron chi connectivity index (χ0n) is 17.1. The minimum atomic E-state index is -0.0962. The maximum Gasteiger partial charge on any atom is 0.203 e. The quantitative estimate of drug-likeness (QED) is 0.486. The van der Waals surface area contributed by atoms with Crippen molar-refractivity contribution in [2.24, 2.45) is 5.92 Å². The molecule has 30 heavy (non-hydrogen) atoms. The first-order chi connectivity index (χ1) is 14.5. The highest BCUT2D eigenvalue weighted by molar-refractivity contribution is 7.21. The Bertz CT molecular complexity index is 1270. The molecule has 2 aromatic carbocycles. The third kappa shape index (κ3) is 3.30. The highest BCUT2D eigenvalue weighted by Crippen LogP contribution is 2.34. The first-order valence-corrected chi connectivity index (χ1v) is 11.2. The third-order valence-corrected chi connectivity index (χ3v) is 7.00. The molecule has 1 N–H and O–H groups in total. The topological polar surface area (TPSA) is 66.6 Å². The Balaban J connectivity index is 1.64. The SMILES string of the molecule is Cc1oc2c(CN3CCCC(C)C3)c(O)ccc2c(=O)c1-c1nc2ccccc2s1. The number of thiazole rings is 1. The zero-order chi connectivity index (χ0) is 20.8. The van der Waals surface area contributed by atoms with Crippen LogP contribution in [0.5, 0.6) is 5.75 Å². The van der Waals surface area contributed by atoms with E-state index in [1.807, 2.05) is 24.3 Å². The second-order valence-corrected chi connectivity index (χ2v) is 9.30. The fraction of sp³-hybridized carbons (Fsp3) is 0.333. The van der Waals surface area contributed by atoms with Gasteiger partial charge in [0.25, 0.3) is 0 Å². The van der Waals surface area contributed by atoms with Crippen LogP contribution in [0.25, 0.3) is 31.8 Å². The third-order valence-electron chi connectivity index (χ3n) is 5.95. The molecule has 6 heteroatoms. The smallest absolute Gasteiger partial charge is 0.203 e. The summed E-state index contributed by atoms with van der Waals surface area (Å²) in [5.74, 6) is 1.34. The van der Waals surface area contributed by atoms with E-state index in [-0.39, 0.29) is 11.2 Å². The van der Waals surface area contributed by atoms with Crippen molar-refractivity contribution in [3.8, 4) is 16.3 Å². The van der Waals surface area contributed by atoms with Crippen LogP contribution in [0.3, 0.4) is 0 Å². The van der Waals surface area contributed by atoms with Crippen LogP contribution in [0.1, 0.15) is 31.1 Å². The van der Waals surface area contributed by atoms with Crippen LogP contribution in [-0.4, -0.2) is 28.1 Å². The van der Waals surface area contributed by atoms with Gasteiger partial charge in [-0.3, -0.25) is 9.69 Å². The molecule has 0 spiro atoms. The first-order valence-electron chi connectivity index (χ1n) is 10.4. The van der Waals surface area contributed by atoms with Gasteiger partial charge in [0, 0.05) is 13.1 Å². The average molecular weight is 421 g/mol. The van der Waals surface area contributed by atoms with Gasteiger partial charge in [0.1, 0.15) is 22.1 Å². The summed E-state index contributed by atoms with van der Waals surface area (Å²) >= 11 is 1.49. The molecule has 0 amide bonds. The number of aromatic nitrogens is 1. The molecule has 1 saturated heterocycles. The fourth-order valence-electron chi connectivity index (χ4n) is 4.45. The molecule has 5 rings (SSSR count). The van der Waals surface area contributed by atoms with Crippen molar-refractivity contribution in [3.63, 3.8) is 0 Å². The predicted octanol–water partition coefficient (Wildman–Crippen LogP) is 5.32. The summed E-state index contributed by atoms with van der Waals surface area (Å²) in [6.07, 6.45) is 2.38. The van der Waals surface area contributed by atoms with Crippen molar-refractivity contribution in [1.82, 2.24) is 9.88 Å². The van der Waals surface area contributed by atoms with Gasteiger partial charge >= 0.3 is 0 Å². The minimum Gasteiger partial charge on any atom is -0.507 e. The molecule has 0 aliphatic carbocycles. The number of rotatable bonds is 3. The molecule has 1 atom stereocenters. The first kappa shape index (κ1) is 19.3. The molecule has 0 radical (unpaired) electrons. The summed E-state index contributed by atoms with van der Waals surface area (Å²) in [4.78, 5) is 20.4. The molecule has 0 saturated carbocycles. The molecule has 3 heterocycles. The van der Waals surface area contributed by atoms with E-state index in [9.17, 15) is 9.90 Å². The zero-order valence-corrected chi connectivity index (χ0v) is 18.0. The average Bonchev–Trinajstić information content (AvgIpc) is 3.14. The Morgan fingerprint density at radius 1 is 1.27 bits per heavy atom. The van der Waals surface area contributed by atoms with Crippen LogP contribution in [0.2, 0.25) is 0 Å². The van der Waals surface area contributed by atoms with E-state index < -0.39 is 0 Å². The highest BCUT2D eigenvalue weighted by atomic mass is 32.1. The predicted molar refractivity (Wildman–Crippen MR) is 121 cm³/mol. The standard InChI is InChI=1S/C24H24N2O3S/c1-14-6-5-11-26(12-14)13-17-19(27)10-9-16-22(28)21(15(2)29-23(16)17)24-25-18-7-3-4-8-20(18)30-24/h3-4,7-10,14,27H,5-6,11-13H2,1-2H3. The number of hydrogen-bond acceptors (Lipinski definition) is 6. The van der Waals surface area contributed by atoms with E-state index in [0.717, 1.165) is 29.7 Å². The van der Waals surface area contributed by atoms with Crippen LogP contribution >= 0.6 is 11.3 Å². The lowest BCUT2D eigenvalue weighted by Crippen LogP contribution is -2.33. The lowest BCUT2D eigenvalue weighted by molar-refractivity contribution is 0.175. The molecule has 1 unspecified atom stereocenters.